The van der Waals surface area contributed by atoms with E-state index >= 15 is 0 Å². The first-order valence-electron chi connectivity index (χ1n) is 7.13. The highest BCUT2D eigenvalue weighted by molar-refractivity contribution is 5.76. The largest absolute Gasteiger partial charge is 0.465 e. The molecule has 0 aromatic heterocycles. The van der Waals surface area contributed by atoms with Crippen LogP contribution in [-0.4, -0.2) is 12.6 Å². The van der Waals surface area contributed by atoms with Gasteiger partial charge in [-0.15, -0.1) is 0 Å². The number of hydrogen-bond donors (Lipinski definition) is 0. The summed E-state index contributed by atoms with van der Waals surface area (Å²) in [5.41, 5.74) is 2.04. The highest BCUT2D eigenvalue weighted by atomic mass is 16.5. The number of hydrogen-bond acceptors (Lipinski definition) is 2. The van der Waals surface area contributed by atoms with Crippen LogP contribution in [0.5, 0.6) is 0 Å². The van der Waals surface area contributed by atoms with Gasteiger partial charge in [0, 0.05) is 5.56 Å². The van der Waals surface area contributed by atoms with Crippen LogP contribution in [0.25, 0.3) is 0 Å². The van der Waals surface area contributed by atoms with Crippen molar-refractivity contribution in [3.05, 3.63) is 71.8 Å². The summed E-state index contributed by atoms with van der Waals surface area (Å²) in [5, 5.41) is 0. The summed E-state index contributed by atoms with van der Waals surface area (Å²) in [5.74, 6) is 6.05. The van der Waals surface area contributed by atoms with Crippen LogP contribution in [0.3, 0.4) is 0 Å². The van der Waals surface area contributed by atoms with Crippen molar-refractivity contribution in [2.75, 3.05) is 6.61 Å². The molecule has 3 rings (SSSR count). The molecule has 0 radical (unpaired) electrons. The molecule has 1 unspecified atom stereocenters. The summed E-state index contributed by atoms with van der Waals surface area (Å²) >= 11 is 0. The third kappa shape index (κ3) is 3.14. The van der Waals surface area contributed by atoms with Gasteiger partial charge in [-0.2, -0.15) is 0 Å². The predicted molar refractivity (Wildman–Crippen MR) is 81.6 cm³/mol. The molecule has 0 saturated carbocycles. The average Bonchev–Trinajstić information content (AvgIpc) is 2.96. The van der Waals surface area contributed by atoms with Crippen molar-refractivity contribution >= 4 is 5.97 Å². The number of esters is 1. The fourth-order valence-electron chi connectivity index (χ4n) is 2.57. The number of benzene rings is 2. The summed E-state index contributed by atoms with van der Waals surface area (Å²) in [4.78, 5) is 11.9. The highest BCUT2D eigenvalue weighted by Crippen LogP contribution is 2.31. The average molecular weight is 276 g/mol. The molecule has 0 bridgehead atoms. The lowest BCUT2D eigenvalue weighted by atomic mass is 9.85. The molecule has 1 heterocycles. The molecule has 2 atom stereocenters. The van der Waals surface area contributed by atoms with E-state index in [1.807, 2.05) is 60.7 Å². The number of rotatable bonds is 2. The van der Waals surface area contributed by atoms with E-state index in [0.29, 0.717) is 6.61 Å². The fraction of sp³-hybridized carbons (Fsp3) is 0.211. The Labute approximate surface area is 124 Å². The standard InChI is InChI=1S/C19H16O2/c20-19-18(13-14-21-19)17(16-9-5-2-6-10-16)12-11-15-7-3-1-4-8-15/h1-10,17-18H,13-14H2/t17-,18?/m1/s1. The Morgan fingerprint density at radius 2 is 1.67 bits per heavy atom. The molecule has 2 heteroatoms. The quantitative estimate of drug-likeness (QED) is 0.621. The van der Waals surface area contributed by atoms with E-state index in [1.54, 1.807) is 0 Å². The second kappa shape index (κ2) is 6.28. The van der Waals surface area contributed by atoms with E-state index in [0.717, 1.165) is 17.5 Å². The van der Waals surface area contributed by atoms with Crippen LogP contribution in [0.4, 0.5) is 0 Å². The van der Waals surface area contributed by atoms with E-state index in [1.165, 1.54) is 0 Å². The van der Waals surface area contributed by atoms with Crippen LogP contribution in [0, 0.1) is 17.8 Å². The van der Waals surface area contributed by atoms with Crippen molar-refractivity contribution in [2.45, 2.75) is 12.3 Å². The Morgan fingerprint density at radius 3 is 2.29 bits per heavy atom. The fourth-order valence-corrected chi connectivity index (χ4v) is 2.57. The van der Waals surface area contributed by atoms with E-state index < -0.39 is 0 Å². The molecule has 21 heavy (non-hydrogen) atoms. The lowest BCUT2D eigenvalue weighted by Gasteiger charge is -2.15. The number of carbonyl (C=O) groups is 1. The monoisotopic (exact) mass is 276 g/mol. The van der Waals surface area contributed by atoms with Crippen LogP contribution in [0.15, 0.2) is 60.7 Å². The van der Waals surface area contributed by atoms with Gasteiger partial charge in [-0.1, -0.05) is 60.4 Å². The molecule has 2 aromatic rings. The Bertz CT molecular complexity index is 665. The third-order valence-electron chi connectivity index (χ3n) is 3.68. The SMILES string of the molecule is O=C1OCCC1[C@H](C#Cc1ccccc1)c1ccccc1. The Hall–Kier alpha value is -2.53. The first kappa shape index (κ1) is 13.5. The Morgan fingerprint density at radius 1 is 1.00 bits per heavy atom. The molecular weight excluding hydrogens is 260 g/mol. The molecule has 1 aliphatic rings. The molecule has 104 valence electrons. The molecule has 1 fully saturated rings. The van der Waals surface area contributed by atoms with Gasteiger partial charge in [-0.3, -0.25) is 4.79 Å². The highest BCUT2D eigenvalue weighted by Gasteiger charge is 2.34. The molecule has 0 aliphatic carbocycles. The Balaban J connectivity index is 1.93. The smallest absolute Gasteiger partial charge is 0.310 e. The number of cyclic esters (lactones) is 1. The van der Waals surface area contributed by atoms with Crippen molar-refractivity contribution in [1.29, 1.82) is 0 Å². The van der Waals surface area contributed by atoms with E-state index in [2.05, 4.69) is 11.8 Å². The van der Waals surface area contributed by atoms with Crippen molar-refractivity contribution in [3.63, 3.8) is 0 Å². The summed E-state index contributed by atoms with van der Waals surface area (Å²) in [6.07, 6.45) is 0.738. The summed E-state index contributed by atoms with van der Waals surface area (Å²) in [7, 11) is 0. The van der Waals surface area contributed by atoms with Gasteiger partial charge in [0.05, 0.1) is 18.4 Å². The van der Waals surface area contributed by atoms with Crippen molar-refractivity contribution in [1.82, 2.24) is 0 Å². The van der Waals surface area contributed by atoms with Crippen LogP contribution >= 0.6 is 0 Å². The van der Waals surface area contributed by atoms with Crippen LogP contribution in [0.1, 0.15) is 23.5 Å². The van der Waals surface area contributed by atoms with Gasteiger partial charge < -0.3 is 4.74 Å². The minimum absolute atomic E-state index is 0.110. The second-order valence-corrected chi connectivity index (χ2v) is 5.09. The lowest BCUT2D eigenvalue weighted by molar-refractivity contribution is -0.141. The molecule has 1 aliphatic heterocycles. The van der Waals surface area contributed by atoms with Gasteiger partial charge in [-0.05, 0) is 24.1 Å². The topological polar surface area (TPSA) is 26.3 Å². The predicted octanol–water partition coefficient (Wildman–Crippen LogP) is 3.39. The molecule has 2 aromatic carbocycles. The maximum absolute atomic E-state index is 11.9. The zero-order valence-electron chi connectivity index (χ0n) is 11.7. The first-order valence-corrected chi connectivity index (χ1v) is 7.13. The van der Waals surface area contributed by atoms with Crippen molar-refractivity contribution in [3.8, 4) is 11.8 Å². The molecule has 0 N–H and O–H groups in total. The summed E-state index contributed by atoms with van der Waals surface area (Å²) in [6, 6.07) is 19.8. The summed E-state index contributed by atoms with van der Waals surface area (Å²) < 4.78 is 5.11. The Kier molecular flexibility index (Phi) is 4.02. The van der Waals surface area contributed by atoms with Crippen LogP contribution in [-0.2, 0) is 9.53 Å². The molecule has 1 saturated heterocycles. The minimum Gasteiger partial charge on any atom is -0.465 e. The van der Waals surface area contributed by atoms with Gasteiger partial charge in [-0.25, -0.2) is 0 Å². The normalized spacial score (nSPS) is 18.5. The lowest BCUT2D eigenvalue weighted by Crippen LogP contribution is -2.16. The first-order chi connectivity index (χ1) is 10.3. The van der Waals surface area contributed by atoms with Gasteiger partial charge >= 0.3 is 5.97 Å². The van der Waals surface area contributed by atoms with Gasteiger partial charge in [0.2, 0.25) is 0 Å². The number of carbonyl (C=O) groups excluding carboxylic acids is 1. The van der Waals surface area contributed by atoms with E-state index in [-0.39, 0.29) is 17.8 Å². The third-order valence-corrected chi connectivity index (χ3v) is 3.68. The van der Waals surface area contributed by atoms with Gasteiger partial charge in [0.1, 0.15) is 0 Å². The number of ether oxygens (including phenoxy) is 1. The molecule has 2 nitrogen and oxygen atoms in total. The zero-order chi connectivity index (χ0) is 14.5. The van der Waals surface area contributed by atoms with Gasteiger partial charge in [0.25, 0.3) is 0 Å². The second-order valence-electron chi connectivity index (χ2n) is 5.09. The minimum atomic E-state index is -0.163. The molecule has 0 amide bonds. The van der Waals surface area contributed by atoms with E-state index in [9.17, 15) is 4.79 Å². The van der Waals surface area contributed by atoms with Gasteiger partial charge in [0.15, 0.2) is 0 Å². The van der Waals surface area contributed by atoms with Crippen LogP contribution < -0.4 is 0 Å². The molecular formula is C19H16O2. The molecule has 0 spiro atoms. The van der Waals surface area contributed by atoms with Crippen molar-refractivity contribution in [2.24, 2.45) is 5.92 Å². The van der Waals surface area contributed by atoms with Crippen LogP contribution in [0.2, 0.25) is 0 Å². The summed E-state index contributed by atoms with van der Waals surface area (Å²) in [6.45, 7) is 0.500. The van der Waals surface area contributed by atoms with E-state index in [4.69, 9.17) is 4.74 Å². The maximum Gasteiger partial charge on any atom is 0.310 e. The maximum atomic E-state index is 11.9. The zero-order valence-corrected chi connectivity index (χ0v) is 11.7. The van der Waals surface area contributed by atoms with Crippen molar-refractivity contribution < 1.29 is 9.53 Å².